The van der Waals surface area contributed by atoms with E-state index in [1.807, 2.05) is 12.1 Å². The maximum Gasteiger partial charge on any atom is 0.303 e. The van der Waals surface area contributed by atoms with Crippen LogP contribution in [0.3, 0.4) is 0 Å². The first kappa shape index (κ1) is 20.5. The maximum atomic E-state index is 11.4. The second kappa shape index (κ2) is 8.61. The molecule has 6 heteroatoms. The topological polar surface area (TPSA) is 81.5 Å². The minimum absolute atomic E-state index is 0.0259. The molecule has 1 N–H and O–H groups in total. The Morgan fingerprint density at radius 3 is 2.69 bits per heavy atom. The van der Waals surface area contributed by atoms with Gasteiger partial charge in [-0.1, -0.05) is 36.4 Å². The van der Waals surface area contributed by atoms with Crippen LogP contribution in [-0.2, 0) is 11.2 Å². The normalized spacial score (nSPS) is 18.3. The zero-order valence-electron chi connectivity index (χ0n) is 18.0. The molecule has 3 aromatic rings. The van der Waals surface area contributed by atoms with Gasteiger partial charge in [0, 0.05) is 5.56 Å². The molecule has 0 radical (unpaired) electrons. The molecule has 1 fully saturated rings. The van der Waals surface area contributed by atoms with E-state index < -0.39 is 5.97 Å². The lowest BCUT2D eigenvalue weighted by molar-refractivity contribution is -0.137. The van der Waals surface area contributed by atoms with Crippen molar-refractivity contribution in [3.8, 4) is 22.9 Å². The van der Waals surface area contributed by atoms with Gasteiger partial charge < -0.3 is 14.6 Å². The summed E-state index contributed by atoms with van der Waals surface area (Å²) in [5.41, 5.74) is 5.13. The Hall–Kier alpha value is -3.41. The molecule has 0 bridgehead atoms. The zero-order valence-corrected chi connectivity index (χ0v) is 18.0. The molecule has 32 heavy (non-hydrogen) atoms. The number of benzene rings is 2. The van der Waals surface area contributed by atoms with E-state index in [0.29, 0.717) is 11.8 Å². The molecule has 0 amide bonds. The first-order valence-electron chi connectivity index (χ1n) is 11.1. The fourth-order valence-electron chi connectivity index (χ4n) is 4.55. The van der Waals surface area contributed by atoms with Gasteiger partial charge in [0.25, 0.3) is 0 Å². The van der Waals surface area contributed by atoms with E-state index >= 15 is 0 Å². The lowest BCUT2D eigenvalue weighted by atomic mass is 9.88. The van der Waals surface area contributed by atoms with Crippen LogP contribution in [0.25, 0.3) is 11.3 Å². The summed E-state index contributed by atoms with van der Waals surface area (Å²) in [4.78, 5) is 20.0. The summed E-state index contributed by atoms with van der Waals surface area (Å²) in [6, 6.07) is 14.5. The van der Waals surface area contributed by atoms with Gasteiger partial charge in [-0.2, -0.15) is 0 Å². The summed E-state index contributed by atoms with van der Waals surface area (Å²) in [7, 11) is 1.58. The van der Waals surface area contributed by atoms with Crippen molar-refractivity contribution in [2.24, 2.45) is 5.92 Å². The summed E-state index contributed by atoms with van der Waals surface area (Å²) >= 11 is 0. The van der Waals surface area contributed by atoms with Crippen molar-refractivity contribution in [1.29, 1.82) is 0 Å². The number of carboxylic acids is 1. The van der Waals surface area contributed by atoms with Gasteiger partial charge in [-0.05, 0) is 60.3 Å². The Morgan fingerprint density at radius 2 is 1.97 bits per heavy atom. The van der Waals surface area contributed by atoms with E-state index in [2.05, 4.69) is 40.3 Å². The summed E-state index contributed by atoms with van der Waals surface area (Å²) in [5.74, 6) is 1.19. The minimum Gasteiger partial charge on any atom is -0.485 e. The van der Waals surface area contributed by atoms with Crippen LogP contribution in [0, 0.1) is 5.92 Å². The standard InChI is InChI=1S/C26H26N2O4/c1-31-25-15-27-14-22(28-25)17-4-6-18(7-5-17)23-11-10-19-8-9-20(12-24(19)32-23)21(13-26(29)30)16-2-3-16/h4-9,12,14-16,21,23H,2-3,10-11,13H2,1H3,(H,29,30). The molecule has 2 atom stereocenters. The fraction of sp³-hybridized carbons (Fsp3) is 0.346. The number of carbonyl (C=O) groups is 1. The van der Waals surface area contributed by atoms with Crippen LogP contribution in [-0.4, -0.2) is 28.2 Å². The number of methoxy groups -OCH3 is 1. The molecule has 1 aromatic heterocycles. The Labute approximate surface area is 187 Å². The highest BCUT2D eigenvalue weighted by atomic mass is 16.5. The Bertz CT molecular complexity index is 1120. The predicted molar refractivity (Wildman–Crippen MR) is 120 cm³/mol. The van der Waals surface area contributed by atoms with Gasteiger partial charge in [0.1, 0.15) is 11.9 Å². The van der Waals surface area contributed by atoms with E-state index in [-0.39, 0.29) is 18.4 Å². The number of aryl methyl sites for hydroxylation is 1. The largest absolute Gasteiger partial charge is 0.485 e. The first-order valence-corrected chi connectivity index (χ1v) is 11.1. The van der Waals surface area contributed by atoms with Crippen molar-refractivity contribution >= 4 is 5.97 Å². The number of fused-ring (bicyclic) bond motifs is 1. The van der Waals surface area contributed by atoms with Gasteiger partial charge in [0.15, 0.2) is 0 Å². The molecule has 1 aliphatic heterocycles. The van der Waals surface area contributed by atoms with E-state index in [9.17, 15) is 9.90 Å². The SMILES string of the molecule is COc1cncc(-c2ccc(C3CCc4ccc(C(CC(=O)O)C5CC5)cc4O3)cc2)n1. The second-order valence-corrected chi connectivity index (χ2v) is 8.62. The third-order valence-electron chi connectivity index (χ3n) is 6.45. The number of nitrogens with zero attached hydrogens (tertiary/aromatic N) is 2. The number of aromatic nitrogens is 2. The number of rotatable bonds is 7. The van der Waals surface area contributed by atoms with Crippen molar-refractivity contribution in [2.75, 3.05) is 7.11 Å². The molecule has 0 saturated heterocycles. The van der Waals surface area contributed by atoms with Gasteiger partial charge in [0.2, 0.25) is 5.88 Å². The Balaban J connectivity index is 1.35. The lowest BCUT2D eigenvalue weighted by Crippen LogP contribution is -2.16. The van der Waals surface area contributed by atoms with Crippen molar-refractivity contribution in [3.63, 3.8) is 0 Å². The first-order chi connectivity index (χ1) is 15.6. The van der Waals surface area contributed by atoms with Gasteiger partial charge in [-0.15, -0.1) is 0 Å². The molecule has 1 saturated carbocycles. The lowest BCUT2D eigenvalue weighted by Gasteiger charge is -2.28. The van der Waals surface area contributed by atoms with Crippen LogP contribution in [0.4, 0.5) is 0 Å². The van der Waals surface area contributed by atoms with Crippen LogP contribution in [0.2, 0.25) is 0 Å². The van der Waals surface area contributed by atoms with Crippen LogP contribution >= 0.6 is 0 Å². The molecule has 5 rings (SSSR count). The maximum absolute atomic E-state index is 11.4. The van der Waals surface area contributed by atoms with Crippen molar-refractivity contribution in [3.05, 3.63) is 71.5 Å². The average molecular weight is 431 g/mol. The Morgan fingerprint density at radius 1 is 1.16 bits per heavy atom. The number of aliphatic carboxylic acids is 1. The highest BCUT2D eigenvalue weighted by Crippen LogP contribution is 2.46. The molecular formula is C26H26N2O4. The highest BCUT2D eigenvalue weighted by Gasteiger charge is 2.34. The van der Waals surface area contributed by atoms with Crippen LogP contribution in [0.15, 0.2) is 54.9 Å². The number of carboxylic acid groups (broad SMARTS) is 1. The quantitative estimate of drug-likeness (QED) is 0.556. The van der Waals surface area contributed by atoms with Crippen molar-refractivity contribution < 1.29 is 19.4 Å². The van der Waals surface area contributed by atoms with Crippen molar-refractivity contribution in [1.82, 2.24) is 9.97 Å². The molecule has 164 valence electrons. The van der Waals surface area contributed by atoms with Crippen molar-refractivity contribution in [2.45, 2.75) is 44.1 Å². The molecule has 6 nitrogen and oxygen atoms in total. The minimum atomic E-state index is -0.737. The number of hydrogen-bond donors (Lipinski definition) is 1. The number of hydrogen-bond acceptors (Lipinski definition) is 5. The second-order valence-electron chi connectivity index (χ2n) is 8.62. The highest BCUT2D eigenvalue weighted by molar-refractivity contribution is 5.68. The monoisotopic (exact) mass is 430 g/mol. The molecule has 2 unspecified atom stereocenters. The van der Waals surface area contributed by atoms with Gasteiger partial charge in [0.05, 0.1) is 31.6 Å². The summed E-state index contributed by atoms with van der Waals surface area (Å²) in [5, 5.41) is 9.34. The third kappa shape index (κ3) is 4.31. The van der Waals surface area contributed by atoms with Crippen LogP contribution in [0.5, 0.6) is 11.6 Å². The van der Waals surface area contributed by atoms with Crippen LogP contribution < -0.4 is 9.47 Å². The molecule has 0 spiro atoms. The van der Waals surface area contributed by atoms with Crippen LogP contribution in [0.1, 0.15) is 54.4 Å². The molecule has 1 aliphatic carbocycles. The average Bonchev–Trinajstić information content (AvgIpc) is 3.67. The third-order valence-corrected chi connectivity index (χ3v) is 6.45. The summed E-state index contributed by atoms with van der Waals surface area (Å²) in [6.45, 7) is 0. The van der Waals surface area contributed by atoms with Gasteiger partial charge in [-0.3, -0.25) is 9.78 Å². The fourth-order valence-corrected chi connectivity index (χ4v) is 4.55. The molecule has 2 heterocycles. The molecule has 2 aromatic carbocycles. The Kier molecular flexibility index (Phi) is 5.52. The van der Waals surface area contributed by atoms with E-state index in [1.54, 1.807) is 19.5 Å². The molecule has 2 aliphatic rings. The molecular weight excluding hydrogens is 404 g/mol. The zero-order chi connectivity index (χ0) is 22.1. The smallest absolute Gasteiger partial charge is 0.303 e. The predicted octanol–water partition coefficient (Wildman–Crippen LogP) is 5.19. The summed E-state index contributed by atoms with van der Waals surface area (Å²) in [6.07, 6.45) is 7.54. The van der Waals surface area contributed by atoms with Gasteiger partial charge >= 0.3 is 5.97 Å². The van der Waals surface area contributed by atoms with Gasteiger partial charge in [-0.25, -0.2) is 4.98 Å². The van der Waals surface area contributed by atoms with E-state index in [4.69, 9.17) is 9.47 Å². The van der Waals surface area contributed by atoms with E-state index in [1.165, 1.54) is 5.56 Å². The number of ether oxygens (including phenoxy) is 2. The summed E-state index contributed by atoms with van der Waals surface area (Å²) < 4.78 is 11.6. The van der Waals surface area contributed by atoms with E-state index in [0.717, 1.165) is 53.8 Å².